The molecule has 3 aliphatic heterocycles. The van der Waals surface area contributed by atoms with Gasteiger partial charge in [0.15, 0.2) is 0 Å². The van der Waals surface area contributed by atoms with Gasteiger partial charge in [-0.2, -0.15) is 0 Å². The minimum atomic E-state index is -0.516. The van der Waals surface area contributed by atoms with Gasteiger partial charge in [-0.15, -0.1) is 0 Å². The normalized spacial score (nSPS) is 29.8. The van der Waals surface area contributed by atoms with Crippen molar-refractivity contribution in [1.29, 1.82) is 0 Å². The van der Waals surface area contributed by atoms with Gasteiger partial charge < -0.3 is 24.8 Å². The number of morpholine rings is 1. The summed E-state index contributed by atoms with van der Waals surface area (Å²) in [4.78, 5) is 28.6. The summed E-state index contributed by atoms with van der Waals surface area (Å²) >= 11 is 0. The van der Waals surface area contributed by atoms with Gasteiger partial charge in [-0.1, -0.05) is 12.1 Å². The second-order valence-corrected chi connectivity index (χ2v) is 8.62. The predicted octanol–water partition coefficient (Wildman–Crippen LogP) is 0.779. The zero-order chi connectivity index (χ0) is 21.1. The molecule has 1 aromatic rings. The summed E-state index contributed by atoms with van der Waals surface area (Å²) in [7, 11) is 1.66. The Morgan fingerprint density at radius 3 is 2.80 bits per heavy atom. The number of piperidine rings is 1. The quantitative estimate of drug-likeness (QED) is 0.761. The number of methoxy groups -OCH3 is 1. The Hall–Kier alpha value is -2.16. The molecule has 3 fully saturated rings. The summed E-state index contributed by atoms with van der Waals surface area (Å²) in [6.45, 7) is 4.47. The van der Waals surface area contributed by atoms with Crippen molar-refractivity contribution in [2.45, 2.75) is 37.5 Å². The Balaban J connectivity index is 1.34. The van der Waals surface area contributed by atoms with Gasteiger partial charge in [-0.3, -0.25) is 14.5 Å². The molecule has 3 atom stereocenters. The zero-order valence-electron chi connectivity index (χ0n) is 17.5. The molecular formula is C22H31N3O5. The lowest BCUT2D eigenvalue weighted by molar-refractivity contribution is -0.143. The summed E-state index contributed by atoms with van der Waals surface area (Å²) in [5, 5.41) is 0. The third-order valence-corrected chi connectivity index (χ3v) is 6.41. The Kier molecular flexibility index (Phi) is 6.26. The van der Waals surface area contributed by atoms with E-state index in [1.54, 1.807) is 12.0 Å². The third-order valence-electron chi connectivity index (χ3n) is 6.41. The highest BCUT2D eigenvalue weighted by molar-refractivity contribution is 5.83. The molecule has 3 saturated heterocycles. The maximum atomic E-state index is 13.0. The molecule has 2 N–H and O–H groups in total. The van der Waals surface area contributed by atoms with Crippen molar-refractivity contribution in [3.63, 3.8) is 0 Å². The lowest BCUT2D eigenvalue weighted by Gasteiger charge is -2.39. The summed E-state index contributed by atoms with van der Waals surface area (Å²) in [5.41, 5.74) is 6.21. The molecule has 0 aromatic heterocycles. The maximum Gasteiger partial charge on any atom is 0.251 e. The number of carbonyl (C=O) groups is 2. The molecule has 8 nitrogen and oxygen atoms in total. The standard InChI is InChI=1S/C22H31N3O5/c1-28-18-6-4-16(5-7-18)12-24-9-10-30-22(14-24)11-19(29-15-22)21(27)25-8-2-3-17(13-25)20(23)26/h4-7,17,19H,2-3,8-15H2,1H3,(H2,23,26). The fourth-order valence-electron chi connectivity index (χ4n) is 4.74. The van der Waals surface area contributed by atoms with Crippen molar-refractivity contribution in [1.82, 2.24) is 9.80 Å². The highest BCUT2D eigenvalue weighted by atomic mass is 16.6. The Bertz CT molecular complexity index is 771. The molecule has 1 spiro atoms. The zero-order valence-corrected chi connectivity index (χ0v) is 17.5. The average molecular weight is 418 g/mol. The van der Waals surface area contributed by atoms with E-state index < -0.39 is 11.7 Å². The van der Waals surface area contributed by atoms with E-state index >= 15 is 0 Å². The molecule has 30 heavy (non-hydrogen) atoms. The van der Waals surface area contributed by atoms with Crippen molar-refractivity contribution < 1.29 is 23.8 Å². The average Bonchev–Trinajstić information content (AvgIpc) is 3.16. The van der Waals surface area contributed by atoms with Gasteiger partial charge in [0.05, 0.1) is 26.2 Å². The van der Waals surface area contributed by atoms with Crippen LogP contribution in [-0.4, -0.2) is 79.8 Å². The van der Waals surface area contributed by atoms with Crippen LogP contribution >= 0.6 is 0 Å². The molecule has 3 heterocycles. The fourth-order valence-corrected chi connectivity index (χ4v) is 4.74. The highest BCUT2D eigenvalue weighted by Gasteiger charge is 2.48. The number of carbonyl (C=O) groups excluding carboxylic acids is 2. The first-order valence-electron chi connectivity index (χ1n) is 10.7. The first-order valence-corrected chi connectivity index (χ1v) is 10.7. The van der Waals surface area contributed by atoms with E-state index in [2.05, 4.69) is 17.0 Å². The van der Waals surface area contributed by atoms with Gasteiger partial charge in [-0.25, -0.2) is 0 Å². The molecule has 2 amide bonds. The number of benzene rings is 1. The molecule has 1 aromatic carbocycles. The number of nitrogens with zero attached hydrogens (tertiary/aromatic N) is 2. The van der Waals surface area contributed by atoms with Crippen LogP contribution in [0.2, 0.25) is 0 Å². The van der Waals surface area contributed by atoms with Crippen LogP contribution in [0.3, 0.4) is 0 Å². The third kappa shape index (κ3) is 4.61. The molecule has 164 valence electrons. The summed E-state index contributed by atoms with van der Waals surface area (Å²) in [6.07, 6.45) is 1.57. The minimum Gasteiger partial charge on any atom is -0.497 e. The number of nitrogens with two attached hydrogens (primary N) is 1. The molecule has 0 aliphatic carbocycles. The number of amides is 2. The number of likely N-dealkylation sites (tertiary alicyclic amines) is 1. The number of primary amides is 1. The van der Waals surface area contributed by atoms with Crippen molar-refractivity contribution in [2.75, 3.05) is 46.5 Å². The van der Waals surface area contributed by atoms with Gasteiger partial charge in [0.1, 0.15) is 17.5 Å². The van der Waals surface area contributed by atoms with Crippen LogP contribution in [0.5, 0.6) is 5.75 Å². The predicted molar refractivity (Wildman–Crippen MR) is 110 cm³/mol. The van der Waals surface area contributed by atoms with Gasteiger partial charge >= 0.3 is 0 Å². The molecule has 0 radical (unpaired) electrons. The number of hydrogen-bond donors (Lipinski definition) is 1. The summed E-state index contributed by atoms with van der Waals surface area (Å²) in [5.74, 6) is 0.206. The van der Waals surface area contributed by atoms with E-state index in [0.717, 1.165) is 38.2 Å². The number of ether oxygens (including phenoxy) is 3. The van der Waals surface area contributed by atoms with E-state index in [0.29, 0.717) is 32.7 Å². The molecule has 3 unspecified atom stereocenters. The molecule has 0 bridgehead atoms. The molecule has 0 saturated carbocycles. The van der Waals surface area contributed by atoms with Crippen LogP contribution < -0.4 is 10.5 Å². The van der Waals surface area contributed by atoms with E-state index in [4.69, 9.17) is 19.9 Å². The van der Waals surface area contributed by atoms with Crippen molar-refractivity contribution in [3.8, 4) is 5.75 Å². The number of rotatable bonds is 5. The van der Waals surface area contributed by atoms with Crippen LogP contribution in [0.25, 0.3) is 0 Å². The first-order chi connectivity index (χ1) is 14.5. The van der Waals surface area contributed by atoms with Crippen LogP contribution in [0, 0.1) is 5.92 Å². The lowest BCUT2D eigenvalue weighted by atomic mass is 9.94. The monoisotopic (exact) mass is 417 g/mol. The van der Waals surface area contributed by atoms with Crippen LogP contribution in [-0.2, 0) is 25.6 Å². The SMILES string of the molecule is COc1ccc(CN2CCOC3(COC(C(=O)N4CCCC(C(N)=O)C4)C3)C2)cc1. The second kappa shape index (κ2) is 8.91. The largest absolute Gasteiger partial charge is 0.497 e. The van der Waals surface area contributed by atoms with Crippen LogP contribution in [0.4, 0.5) is 0 Å². The Labute approximate surface area is 177 Å². The van der Waals surface area contributed by atoms with Crippen molar-refractivity contribution >= 4 is 11.8 Å². The van der Waals surface area contributed by atoms with E-state index in [1.165, 1.54) is 5.56 Å². The fraction of sp³-hybridized carbons (Fsp3) is 0.636. The van der Waals surface area contributed by atoms with Crippen LogP contribution in [0.1, 0.15) is 24.8 Å². The molecule has 3 aliphatic rings. The molecule has 4 rings (SSSR count). The smallest absolute Gasteiger partial charge is 0.251 e. The minimum absolute atomic E-state index is 0.0475. The van der Waals surface area contributed by atoms with E-state index in [1.807, 2.05) is 12.1 Å². The van der Waals surface area contributed by atoms with Crippen LogP contribution in [0.15, 0.2) is 24.3 Å². The molecular weight excluding hydrogens is 386 g/mol. The molecule has 8 heteroatoms. The highest BCUT2D eigenvalue weighted by Crippen LogP contribution is 2.33. The summed E-state index contributed by atoms with van der Waals surface area (Å²) < 4.78 is 17.3. The van der Waals surface area contributed by atoms with Gasteiger partial charge in [0.2, 0.25) is 5.91 Å². The van der Waals surface area contributed by atoms with Gasteiger partial charge in [0, 0.05) is 39.1 Å². The van der Waals surface area contributed by atoms with Crippen molar-refractivity contribution in [3.05, 3.63) is 29.8 Å². The Morgan fingerprint density at radius 2 is 2.07 bits per heavy atom. The Morgan fingerprint density at radius 1 is 1.27 bits per heavy atom. The summed E-state index contributed by atoms with van der Waals surface area (Å²) in [6, 6.07) is 8.09. The maximum absolute atomic E-state index is 13.0. The second-order valence-electron chi connectivity index (χ2n) is 8.62. The van der Waals surface area contributed by atoms with E-state index in [-0.39, 0.29) is 17.7 Å². The van der Waals surface area contributed by atoms with Gasteiger partial charge in [0.25, 0.3) is 5.91 Å². The number of hydrogen-bond acceptors (Lipinski definition) is 6. The lowest BCUT2D eigenvalue weighted by Crippen LogP contribution is -2.52. The topological polar surface area (TPSA) is 94.3 Å². The van der Waals surface area contributed by atoms with E-state index in [9.17, 15) is 9.59 Å². The van der Waals surface area contributed by atoms with Gasteiger partial charge in [-0.05, 0) is 30.5 Å². The first kappa shape index (κ1) is 21.1. The van der Waals surface area contributed by atoms with Crippen molar-refractivity contribution in [2.24, 2.45) is 11.7 Å².